The van der Waals surface area contributed by atoms with Gasteiger partial charge in [0.1, 0.15) is 0 Å². The van der Waals surface area contributed by atoms with E-state index in [0.29, 0.717) is 19.1 Å². The maximum absolute atomic E-state index is 12.2. The number of carbonyl (C=O) groups is 2. The van der Waals surface area contributed by atoms with Crippen molar-refractivity contribution in [3.63, 3.8) is 0 Å². The van der Waals surface area contributed by atoms with Crippen molar-refractivity contribution >= 4 is 18.0 Å². The summed E-state index contributed by atoms with van der Waals surface area (Å²) in [5.74, 6) is -0.676. The number of esters is 1. The summed E-state index contributed by atoms with van der Waals surface area (Å²) in [7, 11) is 0. The van der Waals surface area contributed by atoms with Crippen LogP contribution in [0.3, 0.4) is 0 Å². The zero-order valence-electron chi connectivity index (χ0n) is 16.0. The first kappa shape index (κ1) is 18.7. The molecule has 0 bridgehead atoms. The average molecular weight is 360 g/mol. The fourth-order valence-electron chi connectivity index (χ4n) is 3.68. The highest BCUT2D eigenvalue weighted by Crippen LogP contribution is 2.38. The summed E-state index contributed by atoms with van der Waals surface area (Å²) in [6.07, 6.45) is 5.62. The van der Waals surface area contributed by atoms with Gasteiger partial charge in [-0.05, 0) is 58.2 Å². The minimum Gasteiger partial charge on any atom is -0.452 e. The van der Waals surface area contributed by atoms with E-state index in [9.17, 15) is 9.59 Å². The first-order valence-corrected chi connectivity index (χ1v) is 9.31. The molecule has 6 heteroatoms. The van der Waals surface area contributed by atoms with E-state index in [0.717, 1.165) is 5.56 Å². The molecule has 2 aliphatic rings. The van der Waals surface area contributed by atoms with Crippen LogP contribution in [0.5, 0.6) is 0 Å². The Labute approximate surface area is 154 Å². The molecule has 2 atom stereocenters. The van der Waals surface area contributed by atoms with Gasteiger partial charge in [0.15, 0.2) is 6.61 Å². The van der Waals surface area contributed by atoms with E-state index in [4.69, 9.17) is 9.47 Å². The van der Waals surface area contributed by atoms with Gasteiger partial charge in [0.2, 0.25) is 0 Å². The minimum atomic E-state index is -0.496. The van der Waals surface area contributed by atoms with Crippen LogP contribution in [0.1, 0.15) is 49.7 Å². The van der Waals surface area contributed by atoms with Crippen molar-refractivity contribution in [3.8, 4) is 0 Å². The van der Waals surface area contributed by atoms with E-state index in [2.05, 4.69) is 24.5 Å². The molecule has 0 spiro atoms. The number of hydrogen-bond donors (Lipinski definition) is 0. The fraction of sp³-hybridized carbons (Fsp3) is 0.600. The van der Waals surface area contributed by atoms with Crippen LogP contribution < -0.4 is 0 Å². The van der Waals surface area contributed by atoms with Gasteiger partial charge in [-0.2, -0.15) is 0 Å². The van der Waals surface area contributed by atoms with E-state index in [-0.39, 0.29) is 24.7 Å². The standard InChI is InChI=1S/C20H28N2O4/c1-13-9-17(16(4)22(13)18-6-7-18)5-8-20(24)25-12-19(23)21-10-14(2)26-15(3)11-21/h5,8-9,14-15,18H,6-7,10-12H2,1-4H3/b8-5+/t14-,15-/m1/s1. The molecule has 1 aliphatic heterocycles. The molecular formula is C20H28N2O4. The molecule has 1 saturated heterocycles. The van der Waals surface area contributed by atoms with Crippen molar-refractivity contribution in [3.05, 3.63) is 29.1 Å². The topological polar surface area (TPSA) is 60.8 Å². The molecule has 0 N–H and O–H groups in total. The average Bonchev–Trinajstić information content (AvgIpc) is 3.36. The van der Waals surface area contributed by atoms with Crippen LogP contribution in [0.15, 0.2) is 12.1 Å². The molecule has 2 heterocycles. The lowest BCUT2D eigenvalue weighted by Gasteiger charge is -2.35. The Kier molecular flexibility index (Phi) is 5.51. The molecule has 142 valence electrons. The highest BCUT2D eigenvalue weighted by atomic mass is 16.5. The molecule has 2 fully saturated rings. The normalized spacial score (nSPS) is 23.5. The Morgan fingerprint density at radius 1 is 1.23 bits per heavy atom. The van der Waals surface area contributed by atoms with Gasteiger partial charge < -0.3 is 18.9 Å². The Balaban J connectivity index is 1.52. The maximum Gasteiger partial charge on any atom is 0.331 e. The molecule has 0 aromatic carbocycles. The van der Waals surface area contributed by atoms with Gasteiger partial charge in [-0.1, -0.05) is 0 Å². The number of ether oxygens (including phenoxy) is 2. The predicted octanol–water partition coefficient (Wildman–Crippen LogP) is 2.63. The Morgan fingerprint density at radius 2 is 1.88 bits per heavy atom. The van der Waals surface area contributed by atoms with Crippen LogP contribution >= 0.6 is 0 Å². The summed E-state index contributed by atoms with van der Waals surface area (Å²) >= 11 is 0. The molecule has 3 rings (SSSR count). The smallest absolute Gasteiger partial charge is 0.331 e. The third-order valence-electron chi connectivity index (χ3n) is 4.94. The number of aryl methyl sites for hydroxylation is 1. The molecular weight excluding hydrogens is 332 g/mol. The Hall–Kier alpha value is -2.08. The fourth-order valence-corrected chi connectivity index (χ4v) is 3.68. The van der Waals surface area contributed by atoms with Crippen molar-refractivity contribution in [2.45, 2.75) is 58.8 Å². The van der Waals surface area contributed by atoms with Gasteiger partial charge in [0.25, 0.3) is 5.91 Å². The highest BCUT2D eigenvalue weighted by molar-refractivity contribution is 5.89. The third kappa shape index (κ3) is 4.36. The van der Waals surface area contributed by atoms with E-state index in [1.165, 1.54) is 30.3 Å². The SMILES string of the molecule is Cc1cc(/C=C/C(=O)OCC(=O)N2C[C@@H](C)O[C@H](C)C2)c(C)n1C1CC1. The first-order valence-electron chi connectivity index (χ1n) is 9.31. The molecule has 1 aromatic rings. The van der Waals surface area contributed by atoms with Crippen molar-refractivity contribution in [2.75, 3.05) is 19.7 Å². The molecule has 26 heavy (non-hydrogen) atoms. The van der Waals surface area contributed by atoms with Gasteiger partial charge >= 0.3 is 5.97 Å². The molecule has 1 saturated carbocycles. The summed E-state index contributed by atoms with van der Waals surface area (Å²) in [5.41, 5.74) is 3.40. The summed E-state index contributed by atoms with van der Waals surface area (Å²) in [4.78, 5) is 25.9. The first-order chi connectivity index (χ1) is 12.3. The highest BCUT2D eigenvalue weighted by Gasteiger charge is 2.27. The Morgan fingerprint density at radius 3 is 2.50 bits per heavy atom. The molecule has 0 radical (unpaired) electrons. The zero-order chi connectivity index (χ0) is 18.8. The molecule has 6 nitrogen and oxygen atoms in total. The summed E-state index contributed by atoms with van der Waals surface area (Å²) in [6.45, 7) is 8.85. The van der Waals surface area contributed by atoms with E-state index < -0.39 is 5.97 Å². The molecule has 1 aliphatic carbocycles. The molecule has 1 aromatic heterocycles. The van der Waals surface area contributed by atoms with Crippen molar-refractivity contribution < 1.29 is 19.1 Å². The van der Waals surface area contributed by atoms with Crippen LogP contribution in [0.25, 0.3) is 6.08 Å². The zero-order valence-corrected chi connectivity index (χ0v) is 16.0. The van der Waals surface area contributed by atoms with Crippen molar-refractivity contribution in [1.82, 2.24) is 9.47 Å². The van der Waals surface area contributed by atoms with Crippen LogP contribution in [0, 0.1) is 13.8 Å². The van der Waals surface area contributed by atoms with Crippen LogP contribution in [0.2, 0.25) is 0 Å². The van der Waals surface area contributed by atoms with E-state index in [1.54, 1.807) is 11.0 Å². The minimum absolute atomic E-state index is 0.0000152. The van der Waals surface area contributed by atoms with Crippen LogP contribution in [-0.4, -0.2) is 53.2 Å². The number of morpholine rings is 1. The maximum atomic E-state index is 12.2. The largest absolute Gasteiger partial charge is 0.452 e. The number of hydrogen-bond acceptors (Lipinski definition) is 4. The summed E-state index contributed by atoms with van der Waals surface area (Å²) in [6, 6.07) is 2.69. The summed E-state index contributed by atoms with van der Waals surface area (Å²) in [5, 5.41) is 0. The number of amides is 1. The van der Waals surface area contributed by atoms with Gasteiger partial charge in [0, 0.05) is 36.6 Å². The number of rotatable bonds is 5. The number of carbonyl (C=O) groups excluding carboxylic acids is 2. The lowest BCUT2D eigenvalue weighted by molar-refractivity contribution is -0.154. The van der Waals surface area contributed by atoms with Crippen LogP contribution in [0.4, 0.5) is 0 Å². The van der Waals surface area contributed by atoms with Crippen LogP contribution in [-0.2, 0) is 19.1 Å². The second-order valence-electron chi connectivity index (χ2n) is 7.42. The van der Waals surface area contributed by atoms with Gasteiger partial charge in [0.05, 0.1) is 12.2 Å². The second-order valence-corrected chi connectivity index (χ2v) is 7.42. The van der Waals surface area contributed by atoms with Crippen molar-refractivity contribution in [2.24, 2.45) is 0 Å². The number of aromatic nitrogens is 1. The third-order valence-corrected chi connectivity index (χ3v) is 4.94. The summed E-state index contributed by atoms with van der Waals surface area (Å²) < 4.78 is 13.1. The van der Waals surface area contributed by atoms with Gasteiger partial charge in [-0.3, -0.25) is 4.79 Å². The predicted molar refractivity (Wildman–Crippen MR) is 98.8 cm³/mol. The lowest BCUT2D eigenvalue weighted by Crippen LogP contribution is -2.49. The lowest BCUT2D eigenvalue weighted by atomic mass is 10.2. The van der Waals surface area contributed by atoms with Crippen molar-refractivity contribution in [1.29, 1.82) is 0 Å². The Bertz CT molecular complexity index is 708. The monoisotopic (exact) mass is 360 g/mol. The van der Waals surface area contributed by atoms with E-state index >= 15 is 0 Å². The molecule has 1 amide bonds. The molecule has 0 unspecified atom stereocenters. The van der Waals surface area contributed by atoms with Gasteiger partial charge in [-0.25, -0.2) is 4.79 Å². The second kappa shape index (κ2) is 7.66. The number of nitrogens with zero attached hydrogens (tertiary/aromatic N) is 2. The quantitative estimate of drug-likeness (QED) is 0.598. The van der Waals surface area contributed by atoms with E-state index in [1.807, 2.05) is 13.8 Å². The van der Waals surface area contributed by atoms with Gasteiger partial charge in [-0.15, -0.1) is 0 Å².